The van der Waals surface area contributed by atoms with Crippen molar-refractivity contribution in [1.82, 2.24) is 19.9 Å². The van der Waals surface area contributed by atoms with E-state index < -0.39 is 10.0 Å². The van der Waals surface area contributed by atoms with Crippen LogP contribution in [-0.2, 0) is 14.8 Å². The third-order valence-electron chi connectivity index (χ3n) is 6.42. The summed E-state index contributed by atoms with van der Waals surface area (Å²) < 4.78 is 34.2. The van der Waals surface area contributed by atoms with Crippen molar-refractivity contribution >= 4 is 32.4 Å². The predicted molar refractivity (Wildman–Crippen MR) is 146 cm³/mol. The van der Waals surface area contributed by atoms with Gasteiger partial charge in [0.1, 0.15) is 10.7 Å². The minimum atomic E-state index is -3.85. The number of morpholine rings is 1. The number of fused-ring (bicyclic) bond motifs is 1. The van der Waals surface area contributed by atoms with E-state index in [0.29, 0.717) is 18.9 Å². The first-order valence-corrected chi connectivity index (χ1v) is 13.6. The number of anilines is 2. The van der Waals surface area contributed by atoms with E-state index in [2.05, 4.69) is 29.6 Å². The number of nitrogens with zero attached hydrogens (tertiary/aromatic N) is 5. The molecule has 190 valence electrons. The predicted octanol–water partition coefficient (Wildman–Crippen LogP) is 4.39. The summed E-state index contributed by atoms with van der Waals surface area (Å²) in [6.45, 7) is 2.71. The summed E-state index contributed by atoms with van der Waals surface area (Å²) in [6.07, 6.45) is 9.88. The fourth-order valence-corrected chi connectivity index (χ4v) is 5.47. The zero-order valence-electron chi connectivity index (χ0n) is 20.4. The quantitative estimate of drug-likeness (QED) is 0.348. The average Bonchev–Trinajstić information content (AvgIpc) is 2.97. The Kier molecular flexibility index (Phi) is 6.40. The molecule has 1 aromatic carbocycles. The minimum Gasteiger partial charge on any atom is -0.378 e. The lowest BCUT2D eigenvalue weighted by Crippen LogP contribution is -2.36. The Morgan fingerprint density at radius 2 is 1.61 bits per heavy atom. The van der Waals surface area contributed by atoms with Crippen LogP contribution in [0.5, 0.6) is 0 Å². The second kappa shape index (κ2) is 10.2. The van der Waals surface area contributed by atoms with Crippen LogP contribution >= 0.6 is 0 Å². The van der Waals surface area contributed by atoms with Gasteiger partial charge in [0.05, 0.1) is 30.6 Å². The first-order valence-electron chi connectivity index (χ1n) is 12.1. The Labute approximate surface area is 220 Å². The molecule has 1 N–H and O–H groups in total. The summed E-state index contributed by atoms with van der Waals surface area (Å²) in [7, 11) is -3.85. The summed E-state index contributed by atoms with van der Waals surface area (Å²) in [5.41, 5.74) is 4.97. The minimum absolute atomic E-state index is 0.0821. The van der Waals surface area contributed by atoms with E-state index in [0.717, 1.165) is 52.1 Å². The molecule has 0 saturated carbocycles. The van der Waals surface area contributed by atoms with Crippen LogP contribution in [0.15, 0.2) is 96.7 Å². The molecule has 0 spiro atoms. The fourth-order valence-electron chi connectivity index (χ4n) is 4.49. The molecule has 5 heterocycles. The maximum atomic E-state index is 13.1. The van der Waals surface area contributed by atoms with Crippen molar-refractivity contribution in [3.8, 4) is 22.3 Å². The SMILES string of the molecule is O=S(=O)(Nc1cncc(-c2ccc3nccc(-c4ccncc4)c3c2)c1)c1ccc(N2CCOCC2)nc1. The van der Waals surface area contributed by atoms with Crippen LogP contribution in [0.25, 0.3) is 33.2 Å². The number of hydrogen-bond acceptors (Lipinski definition) is 8. The van der Waals surface area contributed by atoms with Crippen molar-refractivity contribution in [1.29, 1.82) is 0 Å². The van der Waals surface area contributed by atoms with Gasteiger partial charge in [0.25, 0.3) is 10.0 Å². The number of hydrogen-bond donors (Lipinski definition) is 1. The molecule has 0 radical (unpaired) electrons. The Morgan fingerprint density at radius 1 is 0.763 bits per heavy atom. The third kappa shape index (κ3) is 4.91. The van der Waals surface area contributed by atoms with Gasteiger partial charge in [0, 0.05) is 55.0 Å². The van der Waals surface area contributed by atoms with Gasteiger partial charge in [0.15, 0.2) is 0 Å². The van der Waals surface area contributed by atoms with E-state index in [-0.39, 0.29) is 4.90 Å². The Balaban J connectivity index is 1.27. The molecule has 0 aliphatic carbocycles. The van der Waals surface area contributed by atoms with Gasteiger partial charge in [-0.2, -0.15) is 0 Å². The van der Waals surface area contributed by atoms with Crippen LogP contribution in [0, 0.1) is 0 Å². The van der Waals surface area contributed by atoms with Gasteiger partial charge < -0.3 is 9.64 Å². The molecular formula is C28H24N6O3S. The van der Waals surface area contributed by atoms with Crippen LogP contribution in [0.3, 0.4) is 0 Å². The number of benzene rings is 1. The largest absolute Gasteiger partial charge is 0.378 e. The lowest BCUT2D eigenvalue weighted by Gasteiger charge is -2.27. The molecule has 10 heteroatoms. The maximum Gasteiger partial charge on any atom is 0.263 e. The van der Waals surface area contributed by atoms with Gasteiger partial charge in [-0.3, -0.25) is 19.7 Å². The zero-order chi connectivity index (χ0) is 26.0. The maximum absolute atomic E-state index is 13.1. The second-order valence-electron chi connectivity index (χ2n) is 8.85. The molecule has 1 saturated heterocycles. The number of ether oxygens (including phenoxy) is 1. The molecule has 1 fully saturated rings. The Hall–Kier alpha value is -4.41. The molecular weight excluding hydrogens is 500 g/mol. The van der Waals surface area contributed by atoms with Crippen molar-refractivity contribution < 1.29 is 13.2 Å². The van der Waals surface area contributed by atoms with E-state index in [1.54, 1.807) is 43.0 Å². The van der Waals surface area contributed by atoms with Gasteiger partial charge in [-0.05, 0) is 65.2 Å². The Bertz CT molecular complexity index is 1690. The normalized spacial score (nSPS) is 13.9. The van der Waals surface area contributed by atoms with E-state index in [9.17, 15) is 8.42 Å². The third-order valence-corrected chi connectivity index (χ3v) is 7.79. The molecule has 4 aromatic heterocycles. The van der Waals surface area contributed by atoms with E-state index in [4.69, 9.17) is 4.74 Å². The zero-order valence-corrected chi connectivity index (χ0v) is 21.2. The summed E-state index contributed by atoms with van der Waals surface area (Å²) in [6, 6.07) is 16.9. The lowest BCUT2D eigenvalue weighted by molar-refractivity contribution is 0.122. The van der Waals surface area contributed by atoms with E-state index in [1.807, 2.05) is 36.4 Å². The fraction of sp³-hybridized carbons (Fsp3) is 0.143. The van der Waals surface area contributed by atoms with Crippen molar-refractivity contribution in [2.75, 3.05) is 35.9 Å². The van der Waals surface area contributed by atoms with Crippen LogP contribution in [0.4, 0.5) is 11.5 Å². The molecule has 5 aromatic rings. The topological polar surface area (TPSA) is 110 Å². The smallest absolute Gasteiger partial charge is 0.263 e. The monoisotopic (exact) mass is 524 g/mol. The van der Waals surface area contributed by atoms with E-state index in [1.165, 1.54) is 12.4 Å². The first-order chi connectivity index (χ1) is 18.6. The molecule has 6 rings (SSSR count). The molecule has 9 nitrogen and oxygen atoms in total. The highest BCUT2D eigenvalue weighted by Crippen LogP contribution is 2.31. The summed E-state index contributed by atoms with van der Waals surface area (Å²) in [5, 5.41) is 0.980. The van der Waals surface area contributed by atoms with Gasteiger partial charge >= 0.3 is 0 Å². The van der Waals surface area contributed by atoms with Crippen molar-refractivity contribution in [2.45, 2.75) is 4.90 Å². The molecule has 0 amide bonds. The molecule has 38 heavy (non-hydrogen) atoms. The molecule has 0 atom stereocenters. The number of nitrogens with one attached hydrogen (secondary N) is 1. The van der Waals surface area contributed by atoms with Gasteiger partial charge in [-0.25, -0.2) is 13.4 Å². The number of sulfonamides is 1. The highest BCUT2D eigenvalue weighted by molar-refractivity contribution is 7.92. The summed E-state index contributed by atoms with van der Waals surface area (Å²) >= 11 is 0. The number of rotatable bonds is 6. The van der Waals surface area contributed by atoms with E-state index >= 15 is 0 Å². The second-order valence-corrected chi connectivity index (χ2v) is 10.5. The highest BCUT2D eigenvalue weighted by atomic mass is 32.2. The Morgan fingerprint density at radius 3 is 2.39 bits per heavy atom. The van der Waals surface area contributed by atoms with Gasteiger partial charge in [-0.15, -0.1) is 0 Å². The van der Waals surface area contributed by atoms with Crippen LogP contribution in [0.2, 0.25) is 0 Å². The molecule has 0 bridgehead atoms. The lowest BCUT2D eigenvalue weighted by atomic mass is 9.98. The van der Waals surface area contributed by atoms with Gasteiger partial charge in [0.2, 0.25) is 0 Å². The molecule has 0 unspecified atom stereocenters. The van der Waals surface area contributed by atoms with Crippen LogP contribution in [-0.4, -0.2) is 54.7 Å². The molecule has 1 aliphatic rings. The van der Waals surface area contributed by atoms with Gasteiger partial charge in [-0.1, -0.05) is 6.07 Å². The summed E-state index contributed by atoms with van der Waals surface area (Å²) in [5.74, 6) is 0.729. The van der Waals surface area contributed by atoms with Crippen molar-refractivity contribution in [2.24, 2.45) is 0 Å². The average molecular weight is 525 g/mol. The van der Waals surface area contributed by atoms with Crippen LogP contribution in [0.1, 0.15) is 0 Å². The highest BCUT2D eigenvalue weighted by Gasteiger charge is 2.18. The molecule has 1 aliphatic heterocycles. The van der Waals surface area contributed by atoms with Crippen molar-refractivity contribution in [3.05, 3.63) is 91.8 Å². The summed E-state index contributed by atoms with van der Waals surface area (Å²) in [4.78, 5) is 19.4. The number of aromatic nitrogens is 4. The first kappa shape index (κ1) is 24.0. The van der Waals surface area contributed by atoms with Crippen molar-refractivity contribution in [3.63, 3.8) is 0 Å². The standard InChI is InChI=1S/C28H24N6O3S/c35-38(36,24-2-4-28(32-19-24)34-11-13-37-14-12-34)33-23-15-22(17-30-18-23)21-1-3-27-26(16-21)25(7-10-31-27)20-5-8-29-9-6-20/h1-10,15-19,33H,11-14H2. The van der Waals surface area contributed by atoms with Crippen LogP contribution < -0.4 is 9.62 Å². The number of pyridine rings is 4.